The van der Waals surface area contributed by atoms with Crippen LogP contribution in [-0.4, -0.2) is 41.0 Å². The third kappa shape index (κ3) is 39.8. The van der Waals surface area contributed by atoms with Crippen molar-refractivity contribution < 1.29 is 37.9 Å². The Morgan fingerprint density at radius 1 is 0.519 bits per heavy atom. The summed E-state index contributed by atoms with van der Waals surface area (Å²) in [6, 6.07) is 0. The van der Waals surface area contributed by atoms with E-state index in [1.54, 1.807) is 0 Å². The summed E-state index contributed by atoms with van der Waals surface area (Å²) in [4.78, 5) is 42.7. The smallest absolute Gasteiger partial charge is 0.462 e. The molecule has 0 aliphatic heterocycles. The van der Waals surface area contributed by atoms with Gasteiger partial charge in [0.15, 0.2) is 6.10 Å². The minimum absolute atomic E-state index is 0.133. The first-order valence-corrected chi connectivity index (χ1v) is 21.1. The summed E-state index contributed by atoms with van der Waals surface area (Å²) >= 11 is 0. The van der Waals surface area contributed by atoms with Gasteiger partial charge < -0.3 is 19.3 Å². The van der Waals surface area contributed by atoms with Crippen LogP contribution in [0.1, 0.15) is 142 Å². The molecular weight excluding hydrogens is 675 g/mol. The molecule has 0 radical (unpaired) electrons. The van der Waals surface area contributed by atoms with Gasteiger partial charge in [-0.05, 0) is 83.5 Å². The Bertz CT molecular complexity index is 1160. The molecule has 0 aromatic heterocycles. The lowest BCUT2D eigenvalue weighted by molar-refractivity contribution is -0.161. The van der Waals surface area contributed by atoms with Gasteiger partial charge in [0.2, 0.25) is 0 Å². The van der Waals surface area contributed by atoms with Crippen molar-refractivity contribution in [3.8, 4) is 0 Å². The van der Waals surface area contributed by atoms with E-state index in [-0.39, 0.29) is 19.4 Å². The molecule has 0 amide bonds. The molecule has 0 fully saturated rings. The topological polar surface area (TPSA) is 119 Å². The molecule has 2 N–H and O–H groups in total. The van der Waals surface area contributed by atoms with Crippen molar-refractivity contribution >= 4 is 19.8 Å². The van der Waals surface area contributed by atoms with Crippen LogP contribution in [0.5, 0.6) is 0 Å². The van der Waals surface area contributed by atoms with Crippen LogP contribution in [-0.2, 0) is 28.2 Å². The average molecular weight is 745 g/mol. The van der Waals surface area contributed by atoms with Crippen LogP contribution in [0, 0.1) is 0 Å². The van der Waals surface area contributed by atoms with Gasteiger partial charge in [-0.15, -0.1) is 0 Å². The number of phosphoric acid groups is 1. The molecule has 294 valence electrons. The SMILES string of the molecule is CC/C=C\C/C=C\C/C=C\C/C=C\C/C=C\C/C=C\CCC(=O)OC[C@H](COP(=O)(O)O)OC(=O)CCCCCCC/C=C\C/C=C\CCCCC. The van der Waals surface area contributed by atoms with Crippen molar-refractivity contribution in [1.29, 1.82) is 0 Å². The summed E-state index contributed by atoms with van der Waals surface area (Å²) in [7, 11) is -4.78. The summed E-state index contributed by atoms with van der Waals surface area (Å²) in [5, 5.41) is 0. The van der Waals surface area contributed by atoms with E-state index in [0.717, 1.165) is 83.5 Å². The molecule has 0 rings (SSSR count). The van der Waals surface area contributed by atoms with Crippen molar-refractivity contribution in [2.24, 2.45) is 0 Å². The van der Waals surface area contributed by atoms with Crippen LogP contribution >= 0.6 is 7.82 Å². The van der Waals surface area contributed by atoms with Gasteiger partial charge in [-0.1, -0.05) is 143 Å². The third-order valence-corrected chi connectivity index (χ3v) is 8.09. The molecule has 0 unspecified atom stereocenters. The lowest BCUT2D eigenvalue weighted by Crippen LogP contribution is -2.29. The molecular formula is C43H69O8P. The molecule has 0 aliphatic rings. The predicted molar refractivity (Wildman–Crippen MR) is 216 cm³/mol. The highest BCUT2D eigenvalue weighted by molar-refractivity contribution is 7.46. The minimum Gasteiger partial charge on any atom is -0.462 e. The summed E-state index contributed by atoms with van der Waals surface area (Å²) < 4.78 is 26.2. The fourth-order valence-corrected chi connectivity index (χ4v) is 5.08. The van der Waals surface area contributed by atoms with Crippen molar-refractivity contribution in [1.82, 2.24) is 0 Å². The normalized spacial score (nSPS) is 13.5. The molecule has 1 atom stereocenters. The number of rotatable bonds is 34. The maximum absolute atomic E-state index is 12.4. The Morgan fingerprint density at radius 2 is 0.962 bits per heavy atom. The Morgan fingerprint density at radius 3 is 1.46 bits per heavy atom. The van der Waals surface area contributed by atoms with Gasteiger partial charge in [0.05, 0.1) is 6.61 Å². The number of carbonyl (C=O) groups is 2. The fraction of sp³-hybridized carbons (Fsp3) is 0.581. The van der Waals surface area contributed by atoms with Gasteiger partial charge in [0.1, 0.15) is 6.61 Å². The largest absolute Gasteiger partial charge is 0.469 e. The highest BCUT2D eigenvalue weighted by Gasteiger charge is 2.22. The van der Waals surface area contributed by atoms with Gasteiger partial charge in [0, 0.05) is 12.8 Å². The van der Waals surface area contributed by atoms with Crippen molar-refractivity contribution in [2.75, 3.05) is 13.2 Å². The van der Waals surface area contributed by atoms with E-state index in [4.69, 9.17) is 19.3 Å². The Hall–Kier alpha value is -3.03. The van der Waals surface area contributed by atoms with Gasteiger partial charge in [0.25, 0.3) is 0 Å². The number of ether oxygens (including phenoxy) is 2. The molecule has 0 saturated carbocycles. The van der Waals surface area contributed by atoms with Crippen LogP contribution in [0.15, 0.2) is 97.2 Å². The number of phosphoric ester groups is 1. The number of allylic oxidation sites excluding steroid dienone is 16. The van der Waals surface area contributed by atoms with Crippen LogP contribution in [0.25, 0.3) is 0 Å². The van der Waals surface area contributed by atoms with Crippen LogP contribution in [0.2, 0.25) is 0 Å². The van der Waals surface area contributed by atoms with Gasteiger partial charge in [-0.2, -0.15) is 0 Å². The number of carbonyl (C=O) groups excluding carboxylic acids is 2. The second kappa shape index (κ2) is 37.7. The monoisotopic (exact) mass is 744 g/mol. The maximum Gasteiger partial charge on any atom is 0.469 e. The van der Waals surface area contributed by atoms with E-state index in [9.17, 15) is 14.2 Å². The van der Waals surface area contributed by atoms with E-state index in [0.29, 0.717) is 12.8 Å². The minimum atomic E-state index is -4.78. The molecule has 9 heteroatoms. The predicted octanol–water partition coefficient (Wildman–Crippen LogP) is 11.8. The van der Waals surface area contributed by atoms with E-state index >= 15 is 0 Å². The van der Waals surface area contributed by atoms with E-state index in [1.807, 2.05) is 12.2 Å². The van der Waals surface area contributed by atoms with Gasteiger partial charge in [-0.25, -0.2) is 4.57 Å². The second-order valence-electron chi connectivity index (χ2n) is 12.5. The highest BCUT2D eigenvalue weighted by atomic mass is 31.2. The molecule has 0 bridgehead atoms. The first-order chi connectivity index (χ1) is 25.3. The first kappa shape index (κ1) is 49.0. The molecule has 0 spiro atoms. The molecule has 0 aromatic carbocycles. The first-order valence-electron chi connectivity index (χ1n) is 19.5. The lowest BCUT2D eigenvalue weighted by atomic mass is 10.1. The second-order valence-corrected chi connectivity index (χ2v) is 13.8. The Balaban J connectivity index is 4.14. The zero-order chi connectivity index (χ0) is 38.2. The highest BCUT2D eigenvalue weighted by Crippen LogP contribution is 2.35. The fourth-order valence-electron chi connectivity index (χ4n) is 4.72. The number of hydrogen-bond donors (Lipinski definition) is 2. The van der Waals surface area contributed by atoms with Crippen LogP contribution < -0.4 is 0 Å². The molecule has 52 heavy (non-hydrogen) atoms. The van der Waals surface area contributed by atoms with Crippen LogP contribution in [0.3, 0.4) is 0 Å². The summed E-state index contributed by atoms with van der Waals surface area (Å²) in [5.74, 6) is -1.01. The Kier molecular flexibility index (Phi) is 35.5. The molecule has 0 saturated heterocycles. The van der Waals surface area contributed by atoms with Crippen molar-refractivity contribution in [3.63, 3.8) is 0 Å². The maximum atomic E-state index is 12.4. The van der Waals surface area contributed by atoms with Crippen molar-refractivity contribution in [3.05, 3.63) is 97.2 Å². The number of hydrogen-bond acceptors (Lipinski definition) is 6. The zero-order valence-electron chi connectivity index (χ0n) is 32.2. The Labute approximate surface area is 315 Å². The standard InChI is InChI=1S/C43H69O8P/c1-3-5-7-9-11-13-15-17-19-20-21-22-24-25-27-29-31-33-35-37-42(44)49-39-41(40-50-52(46,47)48)51-43(45)38-36-34-32-30-28-26-23-18-16-14-12-10-8-6-4-2/h5,7,11-14,17-19,21-23,25,27,31,33,41H,3-4,6,8-10,15-16,20,24,26,28-30,32,34-40H2,1-2H3,(H2,46,47,48)/b7-5-,13-11-,14-12-,19-17-,22-21-,23-18-,27-25-,33-31-/t41-/m1/s1. The third-order valence-electron chi connectivity index (χ3n) is 7.60. The van der Waals surface area contributed by atoms with Gasteiger partial charge >= 0.3 is 19.8 Å². The van der Waals surface area contributed by atoms with E-state index in [1.165, 1.54) is 19.3 Å². The van der Waals surface area contributed by atoms with Gasteiger partial charge in [-0.3, -0.25) is 14.1 Å². The van der Waals surface area contributed by atoms with Crippen molar-refractivity contribution in [2.45, 2.75) is 148 Å². The molecule has 0 aliphatic carbocycles. The summed E-state index contributed by atoms with van der Waals surface area (Å²) in [5.41, 5.74) is 0. The number of unbranched alkanes of at least 4 members (excludes halogenated alkanes) is 8. The van der Waals surface area contributed by atoms with Crippen LogP contribution in [0.4, 0.5) is 0 Å². The number of esters is 2. The summed E-state index contributed by atoms with van der Waals surface area (Å²) in [6.07, 6.45) is 51.4. The summed E-state index contributed by atoms with van der Waals surface area (Å²) in [6.45, 7) is 3.44. The molecule has 0 aromatic rings. The zero-order valence-corrected chi connectivity index (χ0v) is 33.1. The quantitative estimate of drug-likeness (QED) is 0.0289. The molecule has 8 nitrogen and oxygen atoms in total. The molecule has 0 heterocycles. The van der Waals surface area contributed by atoms with E-state index in [2.05, 4.69) is 103 Å². The average Bonchev–Trinajstić information content (AvgIpc) is 3.11. The lowest BCUT2D eigenvalue weighted by Gasteiger charge is -2.18. The van der Waals surface area contributed by atoms with E-state index < -0.39 is 32.5 Å².